The largest absolute Gasteiger partial charge is 0.446 e. The lowest BCUT2D eigenvalue weighted by molar-refractivity contribution is -0.119. The Morgan fingerprint density at radius 2 is 1.85 bits per heavy atom. The van der Waals surface area contributed by atoms with E-state index in [-0.39, 0.29) is 11.9 Å². The van der Waals surface area contributed by atoms with Crippen molar-refractivity contribution in [3.8, 4) is 0 Å². The van der Waals surface area contributed by atoms with Crippen molar-refractivity contribution in [2.45, 2.75) is 52.7 Å². The molecule has 1 aliphatic heterocycles. The molecule has 0 aliphatic carbocycles. The predicted molar refractivity (Wildman–Crippen MR) is 76.5 cm³/mol. The molecule has 1 rings (SSSR count). The van der Waals surface area contributed by atoms with Gasteiger partial charge in [0.1, 0.15) is 6.10 Å². The number of amides is 1. The summed E-state index contributed by atoms with van der Waals surface area (Å²) < 4.78 is 10.5. The lowest BCUT2D eigenvalue weighted by Gasteiger charge is -2.31. The molecule has 0 spiro atoms. The molecule has 20 heavy (non-hydrogen) atoms. The highest BCUT2D eigenvalue weighted by molar-refractivity contribution is 6.00. The normalized spacial score (nSPS) is 18.2. The van der Waals surface area contributed by atoms with Crippen LogP contribution in [0.1, 0.15) is 40.5 Å². The highest BCUT2D eigenvalue weighted by atomic mass is 16.6. The molecule has 0 aromatic rings. The summed E-state index contributed by atoms with van der Waals surface area (Å²) in [6.07, 6.45) is 0.708. The minimum Gasteiger partial charge on any atom is -0.446 e. The molecule has 0 bridgehead atoms. The van der Waals surface area contributed by atoms with Gasteiger partial charge in [-0.25, -0.2) is 4.79 Å². The summed E-state index contributed by atoms with van der Waals surface area (Å²) in [5.41, 5.74) is 0.0290. The number of hydrogen-bond donors (Lipinski definition) is 1. The molecule has 1 atom stereocenters. The fourth-order valence-electron chi connectivity index (χ4n) is 2.02. The first-order valence-corrected chi connectivity index (χ1v) is 6.96. The molecule has 0 radical (unpaired) electrons. The Kier molecular flexibility index (Phi) is 5.74. The van der Waals surface area contributed by atoms with Gasteiger partial charge in [0.15, 0.2) is 5.78 Å². The molecule has 0 aromatic carbocycles. The average Bonchev–Trinajstić information content (AvgIpc) is 2.35. The van der Waals surface area contributed by atoms with Crippen LogP contribution in [0.15, 0.2) is 12.2 Å². The van der Waals surface area contributed by atoms with Crippen LogP contribution in [0.4, 0.5) is 4.79 Å². The third-order valence-corrected chi connectivity index (χ3v) is 3.25. The molecule has 1 N–H and O–H groups in total. The van der Waals surface area contributed by atoms with E-state index in [1.807, 2.05) is 20.8 Å². The topological polar surface area (TPSA) is 64.6 Å². The standard InChI is InChI=1S/C15H25NO4/c1-10(2)12(17)13(15(3,4)5)16-14(18)20-11-6-8-19-9-7-11/h11,13H,1,6-9H2,2-5H3,(H,16,18). The Morgan fingerprint density at radius 3 is 2.30 bits per heavy atom. The summed E-state index contributed by atoms with van der Waals surface area (Å²) >= 11 is 0. The fourth-order valence-corrected chi connectivity index (χ4v) is 2.02. The van der Waals surface area contributed by atoms with Gasteiger partial charge in [-0.05, 0) is 17.9 Å². The minimum atomic E-state index is -0.632. The maximum atomic E-state index is 12.1. The second-order valence-electron chi connectivity index (χ2n) is 6.30. The number of carbonyl (C=O) groups is 2. The van der Waals surface area contributed by atoms with Crippen molar-refractivity contribution in [1.29, 1.82) is 0 Å². The molecule has 5 heteroatoms. The van der Waals surface area contributed by atoms with Crippen molar-refractivity contribution in [2.75, 3.05) is 13.2 Å². The number of carbonyl (C=O) groups excluding carboxylic acids is 2. The van der Waals surface area contributed by atoms with Gasteiger partial charge in [-0.15, -0.1) is 0 Å². The van der Waals surface area contributed by atoms with Gasteiger partial charge in [0.05, 0.1) is 19.3 Å². The highest BCUT2D eigenvalue weighted by Gasteiger charge is 2.33. The van der Waals surface area contributed by atoms with Gasteiger partial charge in [-0.1, -0.05) is 27.4 Å². The van der Waals surface area contributed by atoms with Crippen LogP contribution in [0, 0.1) is 5.41 Å². The van der Waals surface area contributed by atoms with E-state index in [1.165, 1.54) is 0 Å². The van der Waals surface area contributed by atoms with E-state index in [0.29, 0.717) is 31.6 Å². The van der Waals surface area contributed by atoms with Crippen molar-refractivity contribution < 1.29 is 19.1 Å². The van der Waals surface area contributed by atoms with Gasteiger partial charge >= 0.3 is 6.09 Å². The van der Waals surface area contributed by atoms with E-state index >= 15 is 0 Å². The summed E-state index contributed by atoms with van der Waals surface area (Å²) in [5, 5.41) is 2.67. The summed E-state index contributed by atoms with van der Waals surface area (Å²) in [4.78, 5) is 24.1. The number of Topliss-reactive ketones (excluding diaryl/α,β-unsaturated/α-hetero) is 1. The average molecular weight is 283 g/mol. The summed E-state index contributed by atoms with van der Waals surface area (Å²) in [6, 6.07) is -0.632. The molecule has 114 valence electrons. The van der Waals surface area contributed by atoms with Crippen molar-refractivity contribution in [2.24, 2.45) is 5.41 Å². The highest BCUT2D eigenvalue weighted by Crippen LogP contribution is 2.22. The van der Waals surface area contributed by atoms with Gasteiger partial charge in [0, 0.05) is 12.8 Å². The second kappa shape index (κ2) is 6.88. The zero-order valence-electron chi connectivity index (χ0n) is 12.8. The van der Waals surface area contributed by atoms with Gasteiger partial charge in [0.25, 0.3) is 0 Å². The van der Waals surface area contributed by atoms with Crippen LogP contribution in [0.5, 0.6) is 0 Å². The quantitative estimate of drug-likeness (QED) is 0.805. The molecule has 1 amide bonds. The predicted octanol–water partition coefficient (Wildman–Crippen LogP) is 2.45. The van der Waals surface area contributed by atoms with Gasteiger partial charge < -0.3 is 14.8 Å². The van der Waals surface area contributed by atoms with E-state index in [0.717, 1.165) is 0 Å². The first-order valence-electron chi connectivity index (χ1n) is 6.96. The Hall–Kier alpha value is -1.36. The summed E-state index contributed by atoms with van der Waals surface area (Å²) in [5.74, 6) is -0.165. The molecule has 5 nitrogen and oxygen atoms in total. The maximum Gasteiger partial charge on any atom is 0.408 e. The molecule has 1 heterocycles. The van der Waals surface area contributed by atoms with Crippen LogP contribution >= 0.6 is 0 Å². The summed E-state index contributed by atoms with van der Waals surface area (Å²) in [7, 11) is 0. The fraction of sp³-hybridized carbons (Fsp3) is 0.733. The van der Waals surface area contributed by atoms with E-state index < -0.39 is 17.6 Å². The molecule has 1 saturated heterocycles. The minimum absolute atomic E-state index is 0.135. The molecule has 1 unspecified atom stereocenters. The molecule has 0 aromatic heterocycles. The number of ether oxygens (including phenoxy) is 2. The van der Waals surface area contributed by atoms with Crippen molar-refractivity contribution in [3.63, 3.8) is 0 Å². The lowest BCUT2D eigenvalue weighted by Crippen LogP contribution is -2.50. The number of alkyl carbamates (subject to hydrolysis) is 1. The van der Waals surface area contributed by atoms with Crippen LogP contribution < -0.4 is 5.32 Å². The van der Waals surface area contributed by atoms with Crippen molar-refractivity contribution in [1.82, 2.24) is 5.32 Å². The van der Waals surface area contributed by atoms with Gasteiger partial charge in [-0.3, -0.25) is 4.79 Å². The maximum absolute atomic E-state index is 12.1. The monoisotopic (exact) mass is 283 g/mol. The second-order valence-corrected chi connectivity index (χ2v) is 6.30. The third-order valence-electron chi connectivity index (χ3n) is 3.25. The number of rotatable bonds is 4. The zero-order chi connectivity index (χ0) is 15.3. The molecule has 1 fully saturated rings. The van der Waals surface area contributed by atoms with E-state index in [1.54, 1.807) is 6.92 Å². The number of ketones is 1. The molecular weight excluding hydrogens is 258 g/mol. The van der Waals surface area contributed by atoms with Crippen LogP contribution in [0.3, 0.4) is 0 Å². The number of hydrogen-bond acceptors (Lipinski definition) is 4. The Balaban J connectivity index is 2.62. The van der Waals surface area contributed by atoms with E-state index in [4.69, 9.17) is 9.47 Å². The van der Waals surface area contributed by atoms with Crippen LogP contribution in [-0.4, -0.2) is 37.2 Å². The van der Waals surface area contributed by atoms with Crippen molar-refractivity contribution >= 4 is 11.9 Å². The van der Waals surface area contributed by atoms with E-state index in [9.17, 15) is 9.59 Å². The zero-order valence-corrected chi connectivity index (χ0v) is 12.8. The van der Waals surface area contributed by atoms with Crippen LogP contribution in [0.25, 0.3) is 0 Å². The number of nitrogens with one attached hydrogen (secondary N) is 1. The van der Waals surface area contributed by atoms with Gasteiger partial charge in [0.2, 0.25) is 0 Å². The first kappa shape index (κ1) is 16.7. The van der Waals surface area contributed by atoms with E-state index in [2.05, 4.69) is 11.9 Å². The SMILES string of the molecule is C=C(C)C(=O)C(NC(=O)OC1CCOCC1)C(C)(C)C. The summed E-state index contributed by atoms with van der Waals surface area (Å²) in [6.45, 7) is 12.2. The Labute approximate surface area is 120 Å². The van der Waals surface area contributed by atoms with Crippen LogP contribution in [-0.2, 0) is 14.3 Å². The Morgan fingerprint density at radius 1 is 1.30 bits per heavy atom. The third kappa shape index (κ3) is 4.96. The molecule has 1 aliphatic rings. The lowest BCUT2D eigenvalue weighted by atomic mass is 9.82. The van der Waals surface area contributed by atoms with Gasteiger partial charge in [-0.2, -0.15) is 0 Å². The van der Waals surface area contributed by atoms with Crippen LogP contribution in [0.2, 0.25) is 0 Å². The molecule has 0 saturated carbocycles. The first-order chi connectivity index (χ1) is 9.21. The van der Waals surface area contributed by atoms with Crippen molar-refractivity contribution in [3.05, 3.63) is 12.2 Å². The molecular formula is C15H25NO4. The Bertz CT molecular complexity index is 378. The smallest absolute Gasteiger partial charge is 0.408 e.